The molecule has 0 aliphatic heterocycles. The van der Waals surface area contributed by atoms with Gasteiger partial charge in [0.05, 0.1) is 24.4 Å². The van der Waals surface area contributed by atoms with Gasteiger partial charge in [-0.25, -0.2) is 9.78 Å². The zero-order valence-corrected chi connectivity index (χ0v) is 12.6. The fourth-order valence-electron chi connectivity index (χ4n) is 2.12. The minimum atomic E-state index is -0.355. The van der Waals surface area contributed by atoms with E-state index in [2.05, 4.69) is 20.2 Å². The number of anilines is 1. The number of aromatic nitrogens is 1. The third-order valence-electron chi connectivity index (χ3n) is 3.32. The molecule has 0 aliphatic carbocycles. The Morgan fingerprint density at radius 1 is 1.09 bits per heavy atom. The Bertz CT molecular complexity index is 858. The smallest absolute Gasteiger partial charge is 0.337 e. The molecule has 23 heavy (non-hydrogen) atoms. The van der Waals surface area contributed by atoms with Gasteiger partial charge in [-0.05, 0) is 35.9 Å². The second-order valence-electron chi connectivity index (χ2n) is 4.87. The first-order valence-corrected chi connectivity index (χ1v) is 7.09. The molecule has 0 saturated heterocycles. The normalized spacial score (nSPS) is 10.8. The van der Waals surface area contributed by atoms with Gasteiger partial charge in [0.15, 0.2) is 0 Å². The number of nitrogens with zero attached hydrogens (tertiary/aromatic N) is 2. The lowest BCUT2D eigenvalue weighted by Crippen LogP contribution is -2.00. The van der Waals surface area contributed by atoms with E-state index in [1.807, 2.05) is 36.4 Å². The molecule has 1 N–H and O–H groups in total. The molecule has 0 atom stereocenters. The quantitative estimate of drug-likeness (QED) is 0.455. The SMILES string of the molecule is COC(=O)c1ccc(/C=N\Nc2ccc3ccccc3n2)cc1. The fraction of sp³-hybridized carbons (Fsp3) is 0.0556. The highest BCUT2D eigenvalue weighted by molar-refractivity contribution is 5.90. The number of hydrazone groups is 1. The van der Waals surface area contributed by atoms with E-state index < -0.39 is 0 Å². The van der Waals surface area contributed by atoms with Crippen LogP contribution in [0.3, 0.4) is 0 Å². The molecule has 0 radical (unpaired) electrons. The number of rotatable bonds is 4. The number of hydrogen-bond donors (Lipinski definition) is 1. The summed E-state index contributed by atoms with van der Waals surface area (Å²) in [4.78, 5) is 15.8. The lowest BCUT2D eigenvalue weighted by Gasteiger charge is -2.02. The molecule has 0 bridgehead atoms. The van der Waals surface area contributed by atoms with Gasteiger partial charge in [0.2, 0.25) is 0 Å². The van der Waals surface area contributed by atoms with E-state index in [0.29, 0.717) is 11.4 Å². The Kier molecular flexibility index (Phi) is 4.29. The summed E-state index contributed by atoms with van der Waals surface area (Å²) in [7, 11) is 1.36. The van der Waals surface area contributed by atoms with Crippen LogP contribution in [0.5, 0.6) is 0 Å². The van der Waals surface area contributed by atoms with Crippen LogP contribution in [0.15, 0.2) is 65.8 Å². The number of carbonyl (C=O) groups excluding carboxylic acids is 1. The van der Waals surface area contributed by atoms with Crippen molar-refractivity contribution < 1.29 is 9.53 Å². The van der Waals surface area contributed by atoms with Crippen LogP contribution in [0.1, 0.15) is 15.9 Å². The number of fused-ring (bicyclic) bond motifs is 1. The van der Waals surface area contributed by atoms with Crippen molar-refractivity contribution in [2.45, 2.75) is 0 Å². The Morgan fingerprint density at radius 2 is 1.87 bits per heavy atom. The maximum Gasteiger partial charge on any atom is 0.337 e. The van der Waals surface area contributed by atoms with Gasteiger partial charge < -0.3 is 4.74 Å². The van der Waals surface area contributed by atoms with E-state index in [9.17, 15) is 4.79 Å². The summed E-state index contributed by atoms with van der Waals surface area (Å²) in [6.45, 7) is 0. The number of pyridine rings is 1. The van der Waals surface area contributed by atoms with Crippen LogP contribution < -0.4 is 5.43 Å². The molecule has 5 heteroatoms. The van der Waals surface area contributed by atoms with Crippen LogP contribution in [0.4, 0.5) is 5.82 Å². The Labute approximate surface area is 133 Å². The molecule has 5 nitrogen and oxygen atoms in total. The van der Waals surface area contributed by atoms with Crippen LogP contribution in [0.2, 0.25) is 0 Å². The van der Waals surface area contributed by atoms with Gasteiger partial charge in [0, 0.05) is 5.39 Å². The second-order valence-corrected chi connectivity index (χ2v) is 4.87. The molecule has 0 spiro atoms. The third kappa shape index (κ3) is 3.52. The molecular formula is C18H15N3O2. The summed E-state index contributed by atoms with van der Waals surface area (Å²) < 4.78 is 4.66. The summed E-state index contributed by atoms with van der Waals surface area (Å²) in [6.07, 6.45) is 1.66. The van der Waals surface area contributed by atoms with Crippen molar-refractivity contribution in [1.29, 1.82) is 0 Å². The van der Waals surface area contributed by atoms with Crippen molar-refractivity contribution in [2.24, 2.45) is 5.10 Å². The standard InChI is InChI=1S/C18H15N3O2/c1-23-18(22)15-8-6-13(7-9-15)12-19-21-17-11-10-14-4-2-3-5-16(14)20-17/h2-12H,1H3,(H,20,21)/b19-12-. The first-order valence-electron chi connectivity index (χ1n) is 7.09. The summed E-state index contributed by atoms with van der Waals surface area (Å²) in [5.74, 6) is 0.318. The van der Waals surface area contributed by atoms with Gasteiger partial charge in [-0.3, -0.25) is 5.43 Å². The molecule has 2 aromatic carbocycles. The number of esters is 1. The highest BCUT2D eigenvalue weighted by Crippen LogP contribution is 2.14. The number of para-hydroxylation sites is 1. The highest BCUT2D eigenvalue weighted by atomic mass is 16.5. The molecule has 1 heterocycles. The Hall–Kier alpha value is -3.21. The lowest BCUT2D eigenvalue weighted by atomic mass is 10.1. The lowest BCUT2D eigenvalue weighted by molar-refractivity contribution is 0.0600. The monoisotopic (exact) mass is 305 g/mol. The van der Waals surface area contributed by atoms with Crippen molar-refractivity contribution in [3.8, 4) is 0 Å². The molecule has 0 unspecified atom stereocenters. The molecule has 1 aromatic heterocycles. The number of hydrogen-bond acceptors (Lipinski definition) is 5. The average molecular weight is 305 g/mol. The van der Waals surface area contributed by atoms with Crippen molar-refractivity contribution in [2.75, 3.05) is 12.5 Å². The van der Waals surface area contributed by atoms with E-state index in [1.165, 1.54) is 7.11 Å². The fourth-order valence-corrected chi connectivity index (χ4v) is 2.12. The molecular weight excluding hydrogens is 290 g/mol. The first-order chi connectivity index (χ1) is 11.3. The molecule has 0 aliphatic rings. The van der Waals surface area contributed by atoms with E-state index in [4.69, 9.17) is 0 Å². The van der Waals surface area contributed by atoms with Crippen LogP contribution in [0, 0.1) is 0 Å². The average Bonchev–Trinajstić information content (AvgIpc) is 2.61. The minimum absolute atomic E-state index is 0.355. The molecule has 3 rings (SSSR count). The molecule has 0 amide bonds. The maximum absolute atomic E-state index is 11.4. The first kappa shape index (κ1) is 14.7. The van der Waals surface area contributed by atoms with Crippen molar-refractivity contribution in [3.05, 3.63) is 71.8 Å². The van der Waals surface area contributed by atoms with Crippen molar-refractivity contribution in [1.82, 2.24) is 4.98 Å². The van der Waals surface area contributed by atoms with Crippen molar-refractivity contribution in [3.63, 3.8) is 0 Å². The zero-order chi connectivity index (χ0) is 16.1. The summed E-state index contributed by atoms with van der Waals surface area (Å²) >= 11 is 0. The number of methoxy groups -OCH3 is 1. The van der Waals surface area contributed by atoms with Crippen LogP contribution in [-0.2, 0) is 4.74 Å². The molecule has 3 aromatic rings. The largest absolute Gasteiger partial charge is 0.465 e. The summed E-state index contributed by atoms with van der Waals surface area (Å²) in [5, 5.41) is 5.24. The van der Waals surface area contributed by atoms with E-state index in [-0.39, 0.29) is 5.97 Å². The van der Waals surface area contributed by atoms with Gasteiger partial charge in [-0.2, -0.15) is 5.10 Å². The number of benzene rings is 2. The predicted octanol–water partition coefficient (Wildman–Crippen LogP) is 3.47. The van der Waals surface area contributed by atoms with Gasteiger partial charge in [-0.1, -0.05) is 30.3 Å². The van der Waals surface area contributed by atoms with E-state index >= 15 is 0 Å². The summed E-state index contributed by atoms with van der Waals surface area (Å²) in [5.41, 5.74) is 5.19. The second kappa shape index (κ2) is 6.70. The van der Waals surface area contributed by atoms with E-state index in [0.717, 1.165) is 16.5 Å². The van der Waals surface area contributed by atoms with Gasteiger partial charge in [-0.15, -0.1) is 0 Å². The topological polar surface area (TPSA) is 63.6 Å². The molecule has 0 saturated carbocycles. The van der Waals surface area contributed by atoms with Crippen LogP contribution in [0.25, 0.3) is 10.9 Å². The van der Waals surface area contributed by atoms with E-state index in [1.54, 1.807) is 30.5 Å². The maximum atomic E-state index is 11.4. The van der Waals surface area contributed by atoms with Gasteiger partial charge in [0.25, 0.3) is 0 Å². The van der Waals surface area contributed by atoms with Crippen LogP contribution in [-0.4, -0.2) is 24.3 Å². The van der Waals surface area contributed by atoms with Gasteiger partial charge >= 0.3 is 5.97 Å². The van der Waals surface area contributed by atoms with Crippen molar-refractivity contribution >= 4 is 28.9 Å². The third-order valence-corrected chi connectivity index (χ3v) is 3.32. The number of carbonyl (C=O) groups is 1. The zero-order valence-electron chi connectivity index (χ0n) is 12.6. The minimum Gasteiger partial charge on any atom is -0.465 e. The summed E-state index contributed by atoms with van der Waals surface area (Å²) in [6, 6.07) is 18.7. The Morgan fingerprint density at radius 3 is 2.65 bits per heavy atom. The van der Waals surface area contributed by atoms with Gasteiger partial charge in [0.1, 0.15) is 5.82 Å². The predicted molar refractivity (Wildman–Crippen MR) is 90.7 cm³/mol. The molecule has 0 fully saturated rings. The highest BCUT2D eigenvalue weighted by Gasteiger charge is 2.03. The number of ether oxygens (including phenoxy) is 1. The Balaban J connectivity index is 1.68. The molecule has 114 valence electrons. The number of nitrogens with one attached hydrogen (secondary N) is 1. The van der Waals surface area contributed by atoms with Crippen LogP contribution >= 0.6 is 0 Å².